The van der Waals surface area contributed by atoms with Gasteiger partial charge >= 0.3 is 6.61 Å². The van der Waals surface area contributed by atoms with Gasteiger partial charge in [0.25, 0.3) is 0 Å². The number of ether oxygens (including phenoxy) is 1. The average Bonchev–Trinajstić information content (AvgIpc) is 2.49. The summed E-state index contributed by atoms with van der Waals surface area (Å²) in [5.41, 5.74) is 1.04. The van der Waals surface area contributed by atoms with Gasteiger partial charge < -0.3 is 10.1 Å². The molecule has 0 aromatic heterocycles. The van der Waals surface area contributed by atoms with Crippen molar-refractivity contribution >= 4 is 11.8 Å². The van der Waals surface area contributed by atoms with Crippen LogP contribution in [0.15, 0.2) is 59.5 Å². The van der Waals surface area contributed by atoms with Crippen LogP contribution in [-0.2, 0) is 6.54 Å². The van der Waals surface area contributed by atoms with Crippen molar-refractivity contribution in [1.29, 1.82) is 0 Å². The van der Waals surface area contributed by atoms with E-state index in [1.54, 1.807) is 36.0 Å². The van der Waals surface area contributed by atoms with E-state index in [0.29, 0.717) is 6.54 Å². The molecule has 2 rings (SSSR count). The highest BCUT2D eigenvalue weighted by Gasteiger charge is 2.03. The lowest BCUT2D eigenvalue weighted by Crippen LogP contribution is -2.16. The number of alkyl halides is 2. The third-order valence-electron chi connectivity index (χ3n) is 2.77. The Morgan fingerprint density at radius 3 is 2.38 bits per heavy atom. The molecule has 21 heavy (non-hydrogen) atoms. The molecule has 0 atom stereocenters. The summed E-state index contributed by atoms with van der Waals surface area (Å²) in [5, 5.41) is 3.32. The van der Waals surface area contributed by atoms with Crippen molar-refractivity contribution < 1.29 is 13.5 Å². The third-order valence-corrected chi connectivity index (χ3v) is 3.78. The molecular weight excluding hydrogens is 292 g/mol. The summed E-state index contributed by atoms with van der Waals surface area (Å²) in [6.45, 7) is -1.18. The van der Waals surface area contributed by atoms with Gasteiger partial charge in [0.05, 0.1) is 0 Å². The highest BCUT2D eigenvalue weighted by Crippen LogP contribution is 2.16. The summed E-state index contributed by atoms with van der Waals surface area (Å²) in [5.74, 6) is 1.17. The summed E-state index contributed by atoms with van der Waals surface area (Å²) in [6, 6.07) is 16.9. The van der Waals surface area contributed by atoms with E-state index in [9.17, 15) is 8.78 Å². The van der Waals surface area contributed by atoms with E-state index in [1.807, 2.05) is 18.2 Å². The van der Waals surface area contributed by atoms with Crippen LogP contribution in [-0.4, -0.2) is 18.9 Å². The highest BCUT2D eigenvalue weighted by molar-refractivity contribution is 7.99. The minimum Gasteiger partial charge on any atom is -0.435 e. The maximum absolute atomic E-state index is 12.0. The summed E-state index contributed by atoms with van der Waals surface area (Å²) >= 11 is 1.80. The molecule has 2 nitrogen and oxygen atoms in total. The van der Waals surface area contributed by atoms with Gasteiger partial charge in [0.1, 0.15) is 5.75 Å². The zero-order valence-electron chi connectivity index (χ0n) is 11.5. The first-order valence-corrected chi connectivity index (χ1v) is 7.65. The fraction of sp³-hybridized carbons (Fsp3) is 0.250. The Hall–Kier alpha value is -1.59. The zero-order chi connectivity index (χ0) is 14.9. The zero-order valence-corrected chi connectivity index (χ0v) is 12.3. The molecule has 0 saturated carbocycles. The Balaban J connectivity index is 1.64. The lowest BCUT2D eigenvalue weighted by atomic mass is 10.2. The maximum Gasteiger partial charge on any atom is 0.387 e. The predicted molar refractivity (Wildman–Crippen MR) is 81.9 cm³/mol. The lowest BCUT2D eigenvalue weighted by molar-refractivity contribution is -0.0498. The molecule has 0 aliphatic heterocycles. The standard InChI is InChI=1S/C16H17F2NOS/c17-16(18)20-14-8-6-13(7-9-14)12-19-10-11-21-15-4-2-1-3-5-15/h1-9,16,19H,10-12H2. The van der Waals surface area contributed by atoms with Crippen LogP contribution in [0.5, 0.6) is 5.75 Å². The van der Waals surface area contributed by atoms with Crippen molar-refractivity contribution in [2.75, 3.05) is 12.3 Å². The summed E-state index contributed by atoms with van der Waals surface area (Å²) < 4.78 is 28.3. The van der Waals surface area contributed by atoms with Gasteiger partial charge in [-0.15, -0.1) is 11.8 Å². The van der Waals surface area contributed by atoms with E-state index in [-0.39, 0.29) is 5.75 Å². The molecule has 0 aliphatic carbocycles. The Morgan fingerprint density at radius 1 is 1.00 bits per heavy atom. The van der Waals surface area contributed by atoms with Crippen LogP contribution >= 0.6 is 11.8 Å². The first-order valence-electron chi connectivity index (χ1n) is 6.66. The Kier molecular flexibility index (Phi) is 6.50. The monoisotopic (exact) mass is 309 g/mol. The van der Waals surface area contributed by atoms with Crippen molar-refractivity contribution in [3.05, 3.63) is 60.2 Å². The molecule has 2 aromatic rings. The van der Waals surface area contributed by atoms with E-state index in [2.05, 4.69) is 22.2 Å². The van der Waals surface area contributed by atoms with Crippen molar-refractivity contribution in [2.24, 2.45) is 0 Å². The normalized spacial score (nSPS) is 10.8. The molecule has 0 fully saturated rings. The Bertz CT molecular complexity index is 520. The minimum absolute atomic E-state index is 0.188. The van der Waals surface area contributed by atoms with Gasteiger partial charge in [-0.3, -0.25) is 0 Å². The van der Waals surface area contributed by atoms with Gasteiger partial charge in [-0.25, -0.2) is 0 Å². The molecule has 0 spiro atoms. The fourth-order valence-electron chi connectivity index (χ4n) is 1.78. The molecule has 5 heteroatoms. The van der Waals surface area contributed by atoms with Crippen LogP contribution in [0.25, 0.3) is 0 Å². The molecule has 112 valence electrons. The Morgan fingerprint density at radius 2 is 1.71 bits per heavy atom. The molecule has 0 saturated heterocycles. The molecule has 0 aliphatic rings. The van der Waals surface area contributed by atoms with Crippen LogP contribution in [0, 0.1) is 0 Å². The predicted octanol–water partition coefficient (Wildman–Crippen LogP) is 4.17. The fourth-order valence-corrected chi connectivity index (χ4v) is 2.61. The van der Waals surface area contributed by atoms with Crippen molar-refractivity contribution in [3.8, 4) is 5.75 Å². The molecule has 2 aromatic carbocycles. The Labute approximate surface area is 127 Å². The van der Waals surface area contributed by atoms with E-state index < -0.39 is 6.61 Å². The topological polar surface area (TPSA) is 21.3 Å². The van der Waals surface area contributed by atoms with Gasteiger partial charge in [-0.2, -0.15) is 8.78 Å². The average molecular weight is 309 g/mol. The number of thioether (sulfide) groups is 1. The second kappa shape index (κ2) is 8.64. The largest absolute Gasteiger partial charge is 0.435 e. The number of hydrogen-bond donors (Lipinski definition) is 1. The van der Waals surface area contributed by atoms with Gasteiger partial charge in [-0.1, -0.05) is 30.3 Å². The molecular formula is C16H17F2NOS. The SMILES string of the molecule is FC(F)Oc1ccc(CNCCSc2ccccc2)cc1. The van der Waals surface area contributed by atoms with Crippen LogP contribution in [0.4, 0.5) is 8.78 Å². The highest BCUT2D eigenvalue weighted by atomic mass is 32.2. The molecule has 1 N–H and O–H groups in total. The summed E-state index contributed by atoms with van der Waals surface area (Å²) in [6.07, 6.45) is 0. The summed E-state index contributed by atoms with van der Waals surface area (Å²) in [7, 11) is 0. The van der Waals surface area contributed by atoms with E-state index in [1.165, 1.54) is 4.90 Å². The minimum atomic E-state index is -2.77. The third kappa shape index (κ3) is 6.14. The molecule has 0 bridgehead atoms. The van der Waals surface area contributed by atoms with Gasteiger partial charge in [0.15, 0.2) is 0 Å². The van der Waals surface area contributed by atoms with E-state index in [4.69, 9.17) is 0 Å². The van der Waals surface area contributed by atoms with Crippen LogP contribution in [0.3, 0.4) is 0 Å². The summed E-state index contributed by atoms with van der Waals surface area (Å²) in [4.78, 5) is 1.26. The van der Waals surface area contributed by atoms with Gasteiger partial charge in [0, 0.05) is 23.7 Å². The number of benzene rings is 2. The molecule has 0 amide bonds. The number of rotatable bonds is 8. The van der Waals surface area contributed by atoms with E-state index in [0.717, 1.165) is 17.9 Å². The molecule has 0 heterocycles. The lowest BCUT2D eigenvalue weighted by Gasteiger charge is -2.07. The number of halogens is 2. The van der Waals surface area contributed by atoms with Gasteiger partial charge in [-0.05, 0) is 29.8 Å². The second-order valence-electron chi connectivity index (χ2n) is 4.36. The van der Waals surface area contributed by atoms with Crippen LogP contribution in [0.1, 0.15) is 5.56 Å². The smallest absolute Gasteiger partial charge is 0.387 e. The quantitative estimate of drug-likeness (QED) is 0.584. The maximum atomic E-state index is 12.0. The van der Waals surface area contributed by atoms with Crippen molar-refractivity contribution in [1.82, 2.24) is 5.32 Å². The van der Waals surface area contributed by atoms with Crippen LogP contribution < -0.4 is 10.1 Å². The molecule has 0 radical (unpaired) electrons. The first-order chi connectivity index (χ1) is 10.2. The van der Waals surface area contributed by atoms with Crippen molar-refractivity contribution in [2.45, 2.75) is 18.1 Å². The number of hydrogen-bond acceptors (Lipinski definition) is 3. The van der Waals surface area contributed by atoms with Gasteiger partial charge in [0.2, 0.25) is 0 Å². The molecule has 0 unspecified atom stereocenters. The van der Waals surface area contributed by atoms with Crippen molar-refractivity contribution in [3.63, 3.8) is 0 Å². The first kappa shape index (κ1) is 15.8. The van der Waals surface area contributed by atoms with E-state index >= 15 is 0 Å². The number of nitrogens with one attached hydrogen (secondary N) is 1. The second-order valence-corrected chi connectivity index (χ2v) is 5.53. The van der Waals surface area contributed by atoms with Crippen LogP contribution in [0.2, 0.25) is 0 Å².